The van der Waals surface area contributed by atoms with Gasteiger partial charge in [-0.3, -0.25) is 4.98 Å². The molecule has 0 fully saturated rings. The standard InChI is InChI=1S/C16H15N3O3/c1-10-4-12(14(7-18-10)16(20)22-3)13-5-11-6-17-9-19(11)8-15(13)21-2/h4-9H,1-3H3. The van der Waals surface area contributed by atoms with Crippen molar-refractivity contribution in [2.24, 2.45) is 0 Å². The number of hydrogen-bond acceptors (Lipinski definition) is 5. The van der Waals surface area contributed by atoms with Gasteiger partial charge in [-0.05, 0) is 19.1 Å². The zero-order chi connectivity index (χ0) is 15.7. The summed E-state index contributed by atoms with van der Waals surface area (Å²) in [5.74, 6) is 0.208. The molecular formula is C16H15N3O3. The van der Waals surface area contributed by atoms with Crippen molar-refractivity contribution in [1.82, 2.24) is 14.4 Å². The van der Waals surface area contributed by atoms with Crippen molar-refractivity contribution in [2.75, 3.05) is 14.2 Å². The molecule has 3 aromatic rings. The third kappa shape index (κ3) is 2.28. The second-order valence-corrected chi connectivity index (χ2v) is 4.84. The van der Waals surface area contributed by atoms with Gasteiger partial charge < -0.3 is 13.9 Å². The highest BCUT2D eigenvalue weighted by Gasteiger charge is 2.18. The lowest BCUT2D eigenvalue weighted by Crippen LogP contribution is -2.06. The third-order valence-electron chi connectivity index (χ3n) is 3.47. The number of aryl methyl sites for hydroxylation is 1. The number of imidazole rings is 1. The van der Waals surface area contributed by atoms with Gasteiger partial charge in [0.15, 0.2) is 0 Å². The van der Waals surface area contributed by atoms with Gasteiger partial charge in [0.1, 0.15) is 5.75 Å². The number of nitrogens with zero attached hydrogens (tertiary/aromatic N) is 3. The van der Waals surface area contributed by atoms with Crippen LogP contribution in [0.25, 0.3) is 16.6 Å². The van der Waals surface area contributed by atoms with Gasteiger partial charge in [-0.25, -0.2) is 9.78 Å². The van der Waals surface area contributed by atoms with Gasteiger partial charge in [0.05, 0.1) is 44.0 Å². The Hall–Kier alpha value is -2.89. The topological polar surface area (TPSA) is 65.7 Å². The van der Waals surface area contributed by atoms with Crippen LogP contribution in [0.5, 0.6) is 5.75 Å². The minimum absolute atomic E-state index is 0.398. The van der Waals surface area contributed by atoms with Crippen molar-refractivity contribution in [3.63, 3.8) is 0 Å². The minimum Gasteiger partial charge on any atom is -0.495 e. The summed E-state index contributed by atoms with van der Waals surface area (Å²) in [5.41, 5.74) is 3.62. The fourth-order valence-electron chi connectivity index (χ4n) is 2.38. The highest BCUT2D eigenvalue weighted by atomic mass is 16.5. The van der Waals surface area contributed by atoms with Gasteiger partial charge in [-0.2, -0.15) is 0 Å². The lowest BCUT2D eigenvalue weighted by molar-refractivity contribution is 0.0601. The second kappa shape index (κ2) is 5.48. The summed E-state index contributed by atoms with van der Waals surface area (Å²) in [6.07, 6.45) is 6.79. The van der Waals surface area contributed by atoms with Crippen LogP contribution < -0.4 is 4.74 Å². The highest BCUT2D eigenvalue weighted by molar-refractivity contribution is 5.98. The molecule has 0 aliphatic rings. The molecular weight excluding hydrogens is 282 g/mol. The Balaban J connectivity index is 2.30. The molecule has 0 spiro atoms. The first-order chi connectivity index (χ1) is 10.6. The Bertz CT molecular complexity index is 855. The molecule has 6 heteroatoms. The van der Waals surface area contributed by atoms with E-state index < -0.39 is 5.97 Å². The zero-order valence-electron chi connectivity index (χ0n) is 12.5. The smallest absolute Gasteiger partial charge is 0.340 e. The second-order valence-electron chi connectivity index (χ2n) is 4.84. The Morgan fingerprint density at radius 3 is 2.73 bits per heavy atom. The van der Waals surface area contributed by atoms with E-state index >= 15 is 0 Å². The Kier molecular flexibility index (Phi) is 3.50. The lowest BCUT2D eigenvalue weighted by atomic mass is 10.0. The summed E-state index contributed by atoms with van der Waals surface area (Å²) in [6, 6.07) is 3.77. The molecule has 0 atom stereocenters. The molecule has 0 aromatic carbocycles. The van der Waals surface area contributed by atoms with Gasteiger partial charge >= 0.3 is 5.97 Å². The number of pyridine rings is 2. The van der Waals surface area contributed by atoms with Crippen molar-refractivity contribution >= 4 is 11.5 Å². The van der Waals surface area contributed by atoms with Crippen molar-refractivity contribution in [3.05, 3.63) is 48.3 Å². The van der Waals surface area contributed by atoms with Crippen molar-refractivity contribution in [3.8, 4) is 16.9 Å². The summed E-state index contributed by atoms with van der Waals surface area (Å²) in [6.45, 7) is 1.87. The van der Waals surface area contributed by atoms with Gasteiger partial charge in [0, 0.05) is 23.0 Å². The molecule has 6 nitrogen and oxygen atoms in total. The van der Waals surface area contributed by atoms with Crippen molar-refractivity contribution in [1.29, 1.82) is 0 Å². The van der Waals surface area contributed by atoms with Crippen LogP contribution >= 0.6 is 0 Å². The zero-order valence-corrected chi connectivity index (χ0v) is 12.5. The lowest BCUT2D eigenvalue weighted by Gasteiger charge is -2.13. The first-order valence-corrected chi connectivity index (χ1v) is 6.69. The van der Waals surface area contributed by atoms with E-state index in [2.05, 4.69) is 9.97 Å². The fourth-order valence-corrected chi connectivity index (χ4v) is 2.38. The van der Waals surface area contributed by atoms with E-state index in [0.29, 0.717) is 11.3 Å². The van der Waals surface area contributed by atoms with E-state index in [4.69, 9.17) is 9.47 Å². The van der Waals surface area contributed by atoms with Crippen LogP contribution in [-0.4, -0.2) is 34.6 Å². The van der Waals surface area contributed by atoms with Gasteiger partial charge in [0.2, 0.25) is 0 Å². The number of aromatic nitrogens is 3. The number of carbonyl (C=O) groups excluding carboxylic acids is 1. The van der Waals surface area contributed by atoms with E-state index in [1.165, 1.54) is 13.3 Å². The average Bonchev–Trinajstić information content (AvgIpc) is 3.00. The molecule has 0 amide bonds. The van der Waals surface area contributed by atoms with Gasteiger partial charge in [-0.15, -0.1) is 0 Å². The number of fused-ring (bicyclic) bond motifs is 1. The predicted octanol–water partition coefficient (Wildman–Crippen LogP) is 2.50. The maximum Gasteiger partial charge on any atom is 0.340 e. The summed E-state index contributed by atoms with van der Waals surface area (Å²) in [7, 11) is 2.94. The Labute approximate surface area is 127 Å². The Morgan fingerprint density at radius 2 is 2.00 bits per heavy atom. The minimum atomic E-state index is -0.432. The maximum absolute atomic E-state index is 12.0. The molecule has 0 aliphatic carbocycles. The van der Waals surface area contributed by atoms with Crippen LogP contribution in [-0.2, 0) is 4.74 Å². The van der Waals surface area contributed by atoms with Gasteiger partial charge in [0.25, 0.3) is 0 Å². The quantitative estimate of drug-likeness (QED) is 0.695. The third-order valence-corrected chi connectivity index (χ3v) is 3.47. The predicted molar refractivity (Wildman–Crippen MR) is 81.1 cm³/mol. The van der Waals surface area contributed by atoms with Crippen LogP contribution in [0.4, 0.5) is 0 Å². The number of methoxy groups -OCH3 is 2. The molecule has 0 unspecified atom stereocenters. The summed E-state index contributed by atoms with van der Waals surface area (Å²) < 4.78 is 12.2. The largest absolute Gasteiger partial charge is 0.495 e. The first kappa shape index (κ1) is 14.1. The molecule has 0 saturated carbocycles. The summed E-state index contributed by atoms with van der Waals surface area (Å²) in [5, 5.41) is 0. The van der Waals surface area contributed by atoms with Crippen LogP contribution in [0.1, 0.15) is 16.1 Å². The van der Waals surface area contributed by atoms with E-state index in [1.807, 2.05) is 29.7 Å². The van der Waals surface area contributed by atoms with Crippen LogP contribution in [0.15, 0.2) is 37.1 Å². The molecule has 0 saturated heterocycles. The molecule has 112 valence electrons. The molecule has 22 heavy (non-hydrogen) atoms. The van der Waals surface area contributed by atoms with Gasteiger partial charge in [-0.1, -0.05) is 0 Å². The monoisotopic (exact) mass is 297 g/mol. The van der Waals surface area contributed by atoms with Crippen LogP contribution in [0, 0.1) is 6.92 Å². The van der Waals surface area contributed by atoms with Crippen LogP contribution in [0.2, 0.25) is 0 Å². The molecule has 0 radical (unpaired) electrons. The fraction of sp³-hybridized carbons (Fsp3) is 0.188. The first-order valence-electron chi connectivity index (χ1n) is 6.69. The molecule has 0 aliphatic heterocycles. The number of ether oxygens (including phenoxy) is 2. The number of carbonyl (C=O) groups is 1. The van der Waals surface area contributed by atoms with Crippen molar-refractivity contribution in [2.45, 2.75) is 6.92 Å². The normalized spacial score (nSPS) is 10.7. The summed E-state index contributed by atoms with van der Waals surface area (Å²) >= 11 is 0. The molecule has 3 rings (SSSR count). The van der Waals surface area contributed by atoms with Crippen molar-refractivity contribution < 1.29 is 14.3 Å². The molecule has 0 bridgehead atoms. The van der Waals surface area contributed by atoms with E-state index in [1.54, 1.807) is 19.6 Å². The molecule has 0 N–H and O–H groups in total. The summed E-state index contributed by atoms with van der Waals surface area (Å²) in [4.78, 5) is 20.3. The maximum atomic E-state index is 12.0. The van der Waals surface area contributed by atoms with Crippen LogP contribution in [0.3, 0.4) is 0 Å². The highest BCUT2D eigenvalue weighted by Crippen LogP contribution is 2.34. The average molecular weight is 297 g/mol. The Morgan fingerprint density at radius 1 is 1.18 bits per heavy atom. The molecule has 3 aromatic heterocycles. The number of hydrogen-bond donors (Lipinski definition) is 0. The number of esters is 1. The SMILES string of the molecule is COC(=O)c1cnc(C)cc1-c1cc2cncn2cc1OC. The molecule has 3 heterocycles. The van der Waals surface area contributed by atoms with E-state index in [9.17, 15) is 4.79 Å². The number of rotatable bonds is 3. The van der Waals surface area contributed by atoms with E-state index in [-0.39, 0.29) is 0 Å². The van der Waals surface area contributed by atoms with E-state index in [0.717, 1.165) is 22.3 Å².